The van der Waals surface area contributed by atoms with E-state index in [0.717, 1.165) is 19.4 Å². The smallest absolute Gasteiger partial charge is 0.290 e. The summed E-state index contributed by atoms with van der Waals surface area (Å²) in [7, 11) is 0. The van der Waals surface area contributed by atoms with Crippen molar-refractivity contribution < 1.29 is 10.0 Å². The van der Waals surface area contributed by atoms with E-state index in [-0.39, 0.29) is 12.3 Å². The first kappa shape index (κ1) is 14.4. The molecule has 0 saturated heterocycles. The molecule has 1 aromatic rings. The fraction of sp³-hybridized carbons (Fsp3) is 0.583. The van der Waals surface area contributed by atoms with E-state index in [1.54, 1.807) is 13.0 Å². The lowest BCUT2D eigenvalue weighted by Crippen LogP contribution is -2.08. The minimum atomic E-state index is -0.435. The van der Waals surface area contributed by atoms with Crippen LogP contribution in [0.4, 0.5) is 11.5 Å². The lowest BCUT2D eigenvalue weighted by atomic mass is 10.1. The second-order valence-corrected chi connectivity index (χ2v) is 4.41. The van der Waals surface area contributed by atoms with E-state index in [9.17, 15) is 10.1 Å². The van der Waals surface area contributed by atoms with Gasteiger partial charge >= 0.3 is 0 Å². The molecule has 0 bridgehead atoms. The Balaban J connectivity index is 2.44. The number of nitrogens with one attached hydrogen (secondary N) is 1. The molecule has 1 heterocycles. The predicted molar refractivity (Wildman–Crippen MR) is 69.6 cm³/mol. The van der Waals surface area contributed by atoms with Gasteiger partial charge in [-0.15, -0.1) is 0 Å². The third kappa shape index (κ3) is 4.29. The van der Waals surface area contributed by atoms with Crippen molar-refractivity contribution >= 4 is 11.5 Å². The van der Waals surface area contributed by atoms with E-state index in [1.165, 1.54) is 6.07 Å². The highest BCUT2D eigenvalue weighted by Gasteiger charge is 2.11. The van der Waals surface area contributed by atoms with E-state index >= 15 is 0 Å². The number of pyridine rings is 1. The maximum atomic E-state index is 10.6. The largest absolute Gasteiger partial charge is 0.396 e. The van der Waals surface area contributed by atoms with Gasteiger partial charge in [0.2, 0.25) is 0 Å². The molecule has 1 aromatic heterocycles. The number of nitro groups is 1. The standard InChI is InChI=1S/C12H19N3O3/c1-9(8-16)4-3-7-13-12-6-5-11(15(17)18)10(2)14-12/h5-6,9,16H,3-4,7-8H2,1-2H3,(H,13,14). The molecular formula is C12H19N3O3. The molecule has 0 spiro atoms. The van der Waals surface area contributed by atoms with Crippen molar-refractivity contribution in [3.8, 4) is 0 Å². The SMILES string of the molecule is Cc1nc(NCCCC(C)CO)ccc1[N+](=O)[O-]. The highest BCUT2D eigenvalue weighted by Crippen LogP contribution is 2.17. The van der Waals surface area contributed by atoms with E-state index in [4.69, 9.17) is 5.11 Å². The Morgan fingerprint density at radius 1 is 1.56 bits per heavy atom. The topological polar surface area (TPSA) is 88.3 Å². The number of hydrogen-bond donors (Lipinski definition) is 2. The van der Waals surface area contributed by atoms with Gasteiger partial charge in [0.1, 0.15) is 11.5 Å². The Hall–Kier alpha value is -1.69. The highest BCUT2D eigenvalue weighted by atomic mass is 16.6. The van der Waals surface area contributed by atoms with Crippen LogP contribution in [-0.4, -0.2) is 28.2 Å². The number of aliphatic hydroxyl groups excluding tert-OH is 1. The summed E-state index contributed by atoms with van der Waals surface area (Å²) in [5, 5.41) is 22.6. The monoisotopic (exact) mass is 253 g/mol. The molecule has 0 radical (unpaired) electrons. The molecular weight excluding hydrogens is 234 g/mol. The molecule has 0 saturated carbocycles. The third-order valence-corrected chi connectivity index (χ3v) is 2.75. The summed E-state index contributed by atoms with van der Waals surface area (Å²) in [6.45, 7) is 4.56. The van der Waals surface area contributed by atoms with Gasteiger partial charge in [-0.1, -0.05) is 6.92 Å². The molecule has 0 aliphatic carbocycles. The van der Waals surface area contributed by atoms with Crippen molar-refractivity contribution in [1.82, 2.24) is 4.98 Å². The average Bonchev–Trinajstić information content (AvgIpc) is 2.34. The maximum Gasteiger partial charge on any atom is 0.290 e. The highest BCUT2D eigenvalue weighted by molar-refractivity contribution is 5.44. The lowest BCUT2D eigenvalue weighted by Gasteiger charge is -2.09. The molecule has 0 aromatic carbocycles. The summed E-state index contributed by atoms with van der Waals surface area (Å²) < 4.78 is 0. The Labute approximate surface area is 106 Å². The molecule has 0 aliphatic heterocycles. The first-order valence-electron chi connectivity index (χ1n) is 6.01. The molecule has 0 amide bonds. The summed E-state index contributed by atoms with van der Waals surface area (Å²) in [6, 6.07) is 3.07. The number of aromatic nitrogens is 1. The number of nitrogens with zero attached hydrogens (tertiary/aromatic N) is 2. The van der Waals surface area contributed by atoms with Gasteiger partial charge in [0.25, 0.3) is 5.69 Å². The van der Waals surface area contributed by atoms with Gasteiger partial charge in [0.15, 0.2) is 0 Å². The van der Waals surface area contributed by atoms with Crippen LogP contribution in [-0.2, 0) is 0 Å². The molecule has 100 valence electrons. The quantitative estimate of drug-likeness (QED) is 0.441. The molecule has 1 atom stereocenters. The van der Waals surface area contributed by atoms with Crippen molar-refractivity contribution in [2.24, 2.45) is 5.92 Å². The fourth-order valence-corrected chi connectivity index (χ4v) is 1.60. The summed E-state index contributed by atoms with van der Waals surface area (Å²) in [5.41, 5.74) is 0.447. The number of hydrogen-bond acceptors (Lipinski definition) is 5. The summed E-state index contributed by atoms with van der Waals surface area (Å²) in [4.78, 5) is 14.3. The second kappa shape index (κ2) is 6.90. The fourth-order valence-electron chi connectivity index (χ4n) is 1.60. The summed E-state index contributed by atoms with van der Waals surface area (Å²) in [5.74, 6) is 0.952. The first-order valence-corrected chi connectivity index (χ1v) is 6.01. The van der Waals surface area contributed by atoms with Gasteiger partial charge in [-0.25, -0.2) is 4.98 Å². The molecule has 1 rings (SSSR count). The van der Waals surface area contributed by atoms with Crippen LogP contribution in [0, 0.1) is 23.0 Å². The normalized spacial score (nSPS) is 12.2. The molecule has 0 fully saturated rings. The van der Waals surface area contributed by atoms with Crippen LogP contribution in [0.2, 0.25) is 0 Å². The molecule has 0 aliphatic rings. The van der Waals surface area contributed by atoms with Crippen molar-refractivity contribution in [3.63, 3.8) is 0 Å². The van der Waals surface area contributed by atoms with Crippen molar-refractivity contribution in [1.29, 1.82) is 0 Å². The number of aryl methyl sites for hydroxylation is 1. The van der Waals surface area contributed by atoms with Crippen molar-refractivity contribution in [3.05, 3.63) is 27.9 Å². The van der Waals surface area contributed by atoms with E-state index in [1.807, 2.05) is 6.92 Å². The zero-order valence-corrected chi connectivity index (χ0v) is 10.7. The van der Waals surface area contributed by atoms with Gasteiger partial charge in [-0.3, -0.25) is 10.1 Å². The Kier molecular flexibility index (Phi) is 5.51. The van der Waals surface area contributed by atoms with Crippen LogP contribution in [0.15, 0.2) is 12.1 Å². The van der Waals surface area contributed by atoms with Gasteiger partial charge in [0.05, 0.1) is 4.92 Å². The van der Waals surface area contributed by atoms with Crippen LogP contribution in [0.25, 0.3) is 0 Å². The minimum Gasteiger partial charge on any atom is -0.396 e. The van der Waals surface area contributed by atoms with Gasteiger partial charge < -0.3 is 10.4 Å². The minimum absolute atomic E-state index is 0.0365. The van der Waals surface area contributed by atoms with Gasteiger partial charge in [-0.05, 0) is 31.7 Å². The molecule has 1 unspecified atom stereocenters. The molecule has 6 nitrogen and oxygen atoms in total. The molecule has 2 N–H and O–H groups in total. The predicted octanol–water partition coefficient (Wildman–Crippen LogP) is 2.12. The van der Waals surface area contributed by atoms with Crippen LogP contribution in [0.1, 0.15) is 25.5 Å². The van der Waals surface area contributed by atoms with Crippen LogP contribution < -0.4 is 5.32 Å². The summed E-state index contributed by atoms with van der Waals surface area (Å²) in [6.07, 6.45) is 1.87. The van der Waals surface area contributed by atoms with Crippen LogP contribution in [0.5, 0.6) is 0 Å². The Bertz CT molecular complexity index is 410. The average molecular weight is 253 g/mol. The van der Waals surface area contributed by atoms with Crippen molar-refractivity contribution in [2.75, 3.05) is 18.5 Å². The van der Waals surface area contributed by atoms with E-state index < -0.39 is 4.92 Å². The van der Waals surface area contributed by atoms with E-state index in [0.29, 0.717) is 17.4 Å². The Morgan fingerprint density at radius 3 is 2.83 bits per heavy atom. The zero-order chi connectivity index (χ0) is 13.5. The zero-order valence-electron chi connectivity index (χ0n) is 10.7. The lowest BCUT2D eigenvalue weighted by molar-refractivity contribution is -0.385. The molecule has 6 heteroatoms. The first-order chi connectivity index (χ1) is 8.54. The second-order valence-electron chi connectivity index (χ2n) is 4.41. The Morgan fingerprint density at radius 2 is 2.28 bits per heavy atom. The van der Waals surface area contributed by atoms with Gasteiger partial charge in [-0.2, -0.15) is 0 Å². The van der Waals surface area contributed by atoms with E-state index in [2.05, 4.69) is 10.3 Å². The number of rotatable bonds is 7. The van der Waals surface area contributed by atoms with Crippen molar-refractivity contribution in [2.45, 2.75) is 26.7 Å². The maximum absolute atomic E-state index is 10.6. The molecule has 18 heavy (non-hydrogen) atoms. The van der Waals surface area contributed by atoms with Crippen LogP contribution in [0.3, 0.4) is 0 Å². The van der Waals surface area contributed by atoms with Crippen LogP contribution >= 0.6 is 0 Å². The van der Waals surface area contributed by atoms with Gasteiger partial charge in [0, 0.05) is 19.2 Å². The number of aliphatic hydroxyl groups is 1. The third-order valence-electron chi connectivity index (χ3n) is 2.75. The number of anilines is 1. The summed E-state index contributed by atoms with van der Waals surface area (Å²) >= 11 is 0.